The van der Waals surface area contributed by atoms with Gasteiger partial charge in [0.1, 0.15) is 0 Å². The molecule has 0 N–H and O–H groups in total. The maximum Gasteiger partial charge on any atom is 0.338 e. The van der Waals surface area contributed by atoms with Crippen LogP contribution >= 0.6 is 22.9 Å². The molecule has 9 heteroatoms. The predicted molar refractivity (Wildman–Crippen MR) is 162 cm³/mol. The maximum absolute atomic E-state index is 14.0. The van der Waals surface area contributed by atoms with Crippen LogP contribution in [0, 0.1) is 0 Å². The van der Waals surface area contributed by atoms with E-state index in [-0.39, 0.29) is 12.2 Å². The summed E-state index contributed by atoms with van der Waals surface area (Å²) in [5.74, 6) is -0.511. The molecule has 41 heavy (non-hydrogen) atoms. The summed E-state index contributed by atoms with van der Waals surface area (Å²) in [6.07, 6.45) is 1.88. The number of ether oxygens (including phenoxy) is 2. The van der Waals surface area contributed by atoms with Crippen molar-refractivity contribution < 1.29 is 14.3 Å². The summed E-state index contributed by atoms with van der Waals surface area (Å²) in [6, 6.07) is 24.1. The lowest BCUT2D eigenvalue weighted by Crippen LogP contribution is -2.40. The van der Waals surface area contributed by atoms with Crippen LogP contribution in [0.4, 0.5) is 5.69 Å². The first-order chi connectivity index (χ1) is 20.0. The number of nitrogens with zero attached hydrogens (tertiary/aromatic N) is 3. The lowest BCUT2D eigenvalue weighted by atomic mass is 9.93. The van der Waals surface area contributed by atoms with Crippen LogP contribution in [0.2, 0.25) is 5.02 Å². The van der Waals surface area contributed by atoms with Crippen LogP contribution in [-0.2, 0) is 14.3 Å². The summed E-state index contributed by atoms with van der Waals surface area (Å²) < 4.78 is 13.1. The van der Waals surface area contributed by atoms with E-state index in [1.165, 1.54) is 11.3 Å². The number of hydrogen-bond donors (Lipinski definition) is 0. The fourth-order valence-corrected chi connectivity index (χ4v) is 6.28. The van der Waals surface area contributed by atoms with Crippen molar-refractivity contribution in [2.45, 2.75) is 13.0 Å². The summed E-state index contributed by atoms with van der Waals surface area (Å²) >= 11 is 7.51. The molecule has 3 heterocycles. The first-order valence-electron chi connectivity index (χ1n) is 13.5. The van der Waals surface area contributed by atoms with Crippen molar-refractivity contribution in [2.75, 3.05) is 37.8 Å². The number of morpholine rings is 1. The highest BCUT2D eigenvalue weighted by Gasteiger charge is 2.35. The smallest absolute Gasteiger partial charge is 0.338 e. The molecule has 1 aromatic heterocycles. The molecule has 0 saturated carbocycles. The second-order valence-electron chi connectivity index (χ2n) is 9.67. The minimum absolute atomic E-state index is 0.197. The Morgan fingerprint density at radius 1 is 1.05 bits per heavy atom. The number of benzene rings is 3. The first-order valence-corrected chi connectivity index (χ1v) is 14.7. The highest BCUT2D eigenvalue weighted by molar-refractivity contribution is 7.07. The van der Waals surface area contributed by atoms with Crippen LogP contribution in [-0.4, -0.2) is 43.4 Å². The van der Waals surface area contributed by atoms with E-state index in [0.717, 1.165) is 48.7 Å². The molecule has 1 fully saturated rings. The van der Waals surface area contributed by atoms with E-state index in [2.05, 4.69) is 17.0 Å². The number of halogens is 1. The van der Waals surface area contributed by atoms with E-state index in [4.69, 9.17) is 26.1 Å². The molecule has 0 aliphatic carbocycles. The summed E-state index contributed by atoms with van der Waals surface area (Å²) in [7, 11) is 0. The van der Waals surface area contributed by atoms with Crippen LogP contribution < -0.4 is 19.8 Å². The van der Waals surface area contributed by atoms with Gasteiger partial charge in [0.05, 0.1) is 41.7 Å². The second-order valence-corrected chi connectivity index (χ2v) is 11.1. The fourth-order valence-electron chi connectivity index (χ4n) is 5.16. The van der Waals surface area contributed by atoms with Crippen molar-refractivity contribution in [2.24, 2.45) is 4.99 Å². The van der Waals surface area contributed by atoms with Crippen LogP contribution in [0.15, 0.2) is 94.2 Å². The van der Waals surface area contributed by atoms with Gasteiger partial charge < -0.3 is 14.4 Å². The van der Waals surface area contributed by atoms with Crippen molar-refractivity contribution in [1.29, 1.82) is 0 Å². The highest BCUT2D eigenvalue weighted by Crippen LogP contribution is 2.35. The molecule has 0 unspecified atom stereocenters. The van der Waals surface area contributed by atoms with Crippen LogP contribution in [0.5, 0.6) is 0 Å². The average molecular weight is 586 g/mol. The zero-order valence-electron chi connectivity index (χ0n) is 22.5. The zero-order chi connectivity index (χ0) is 28.3. The Morgan fingerprint density at radius 2 is 1.76 bits per heavy atom. The highest BCUT2D eigenvalue weighted by atomic mass is 35.5. The third kappa shape index (κ3) is 5.51. The van der Waals surface area contributed by atoms with E-state index in [1.807, 2.05) is 60.7 Å². The van der Waals surface area contributed by atoms with Crippen LogP contribution in [0.25, 0.3) is 11.8 Å². The minimum Gasteiger partial charge on any atom is -0.463 e. The van der Waals surface area contributed by atoms with Crippen LogP contribution in [0.3, 0.4) is 0 Å². The topological polar surface area (TPSA) is 73.1 Å². The molecular weight excluding hydrogens is 558 g/mol. The molecule has 1 atom stereocenters. The third-order valence-corrected chi connectivity index (χ3v) is 8.36. The van der Waals surface area contributed by atoms with Gasteiger partial charge in [-0.25, -0.2) is 9.79 Å². The monoisotopic (exact) mass is 585 g/mol. The van der Waals surface area contributed by atoms with Gasteiger partial charge in [-0.3, -0.25) is 9.36 Å². The first kappa shape index (κ1) is 27.2. The Balaban J connectivity index is 1.51. The molecule has 0 radical (unpaired) electrons. The number of thiazole rings is 1. The van der Waals surface area contributed by atoms with E-state index in [0.29, 0.717) is 25.6 Å². The van der Waals surface area contributed by atoms with Gasteiger partial charge in [-0.1, -0.05) is 77.5 Å². The molecule has 6 rings (SSSR count). The molecule has 2 aliphatic heterocycles. The molecule has 3 aromatic carbocycles. The van der Waals surface area contributed by atoms with Crippen molar-refractivity contribution in [3.63, 3.8) is 0 Å². The number of rotatable bonds is 6. The Labute approximate surface area is 246 Å². The molecule has 4 aromatic rings. The summed E-state index contributed by atoms with van der Waals surface area (Å²) in [5.41, 5.74) is 4.12. The van der Waals surface area contributed by atoms with E-state index in [1.54, 1.807) is 23.6 Å². The molecular formula is C32H28ClN3O4S. The number of hydrogen-bond acceptors (Lipinski definition) is 7. The van der Waals surface area contributed by atoms with Crippen molar-refractivity contribution in [3.8, 4) is 0 Å². The summed E-state index contributed by atoms with van der Waals surface area (Å²) in [4.78, 5) is 35.2. The molecule has 0 bridgehead atoms. The molecule has 7 nitrogen and oxygen atoms in total. The maximum atomic E-state index is 14.0. The number of aromatic nitrogens is 1. The zero-order valence-corrected chi connectivity index (χ0v) is 24.0. The van der Waals surface area contributed by atoms with Gasteiger partial charge in [-0.15, -0.1) is 0 Å². The predicted octanol–water partition coefficient (Wildman–Crippen LogP) is 4.43. The summed E-state index contributed by atoms with van der Waals surface area (Å²) in [5, 5.41) is 0.562. The fraction of sp³-hybridized carbons (Fsp3) is 0.219. The lowest BCUT2D eigenvalue weighted by Gasteiger charge is -2.28. The number of carbonyl (C=O) groups excluding carboxylic acids is 1. The van der Waals surface area contributed by atoms with Gasteiger partial charge in [0.25, 0.3) is 5.56 Å². The second kappa shape index (κ2) is 11.9. The van der Waals surface area contributed by atoms with Gasteiger partial charge in [-0.05, 0) is 48.4 Å². The Morgan fingerprint density at radius 3 is 2.44 bits per heavy atom. The Hall–Kier alpha value is -3.98. The van der Waals surface area contributed by atoms with E-state index < -0.39 is 12.0 Å². The minimum atomic E-state index is -0.733. The van der Waals surface area contributed by atoms with Gasteiger partial charge in [0, 0.05) is 29.4 Å². The quantitative estimate of drug-likeness (QED) is 0.313. The molecule has 0 spiro atoms. The normalized spacial score (nSPS) is 17.3. The largest absolute Gasteiger partial charge is 0.463 e. The van der Waals surface area contributed by atoms with Gasteiger partial charge in [0.15, 0.2) is 4.80 Å². The standard InChI is InChI=1S/C32H28ClN3O4S/c1-2-40-31(38)27-28(22-6-4-3-5-7-22)34-32-36(29(27)23-10-12-24(33)13-11-23)30(37)26(41-32)20-21-8-14-25(15-9-21)35-16-18-39-19-17-35/h3-15,20,29H,2,16-19H2,1H3/b26-20+/t29-/m1/s1. The number of esters is 1. The van der Waals surface area contributed by atoms with Crippen LogP contribution in [0.1, 0.15) is 29.7 Å². The Bertz CT molecular complexity index is 1770. The summed E-state index contributed by atoms with van der Waals surface area (Å²) in [6.45, 7) is 5.11. The average Bonchev–Trinajstić information content (AvgIpc) is 3.32. The van der Waals surface area contributed by atoms with Crippen molar-refractivity contribution >= 4 is 46.4 Å². The molecule has 0 amide bonds. The third-order valence-electron chi connectivity index (χ3n) is 7.13. The SMILES string of the molecule is CCOC(=O)C1=C(c2ccccc2)N=c2s/c(=C/c3ccc(N4CCOCC4)cc3)c(=O)n2[C@@H]1c1ccc(Cl)cc1. The molecule has 1 saturated heterocycles. The molecule has 208 valence electrons. The van der Waals surface area contributed by atoms with E-state index >= 15 is 0 Å². The molecule has 2 aliphatic rings. The van der Waals surface area contributed by atoms with Crippen molar-refractivity contribution in [3.05, 3.63) is 126 Å². The van der Waals surface area contributed by atoms with Gasteiger partial charge in [0.2, 0.25) is 0 Å². The lowest BCUT2D eigenvalue weighted by molar-refractivity contribution is -0.138. The number of fused-ring (bicyclic) bond motifs is 1. The number of anilines is 1. The Kier molecular flexibility index (Phi) is 7.87. The van der Waals surface area contributed by atoms with Gasteiger partial charge >= 0.3 is 5.97 Å². The number of carbonyl (C=O) groups is 1. The van der Waals surface area contributed by atoms with Crippen molar-refractivity contribution in [1.82, 2.24) is 4.57 Å². The van der Waals surface area contributed by atoms with Gasteiger partial charge in [-0.2, -0.15) is 0 Å². The van der Waals surface area contributed by atoms with E-state index in [9.17, 15) is 9.59 Å².